The molecule has 1 aromatic heterocycles. The molecule has 2 N–H and O–H groups in total. The minimum atomic E-state index is -0.455. The first-order chi connectivity index (χ1) is 8.70. The fraction of sp³-hybridized carbons (Fsp3) is 0.167. The van der Waals surface area contributed by atoms with Crippen LogP contribution in [0.2, 0.25) is 0 Å². The minimum absolute atomic E-state index is 0.297. The van der Waals surface area contributed by atoms with E-state index in [2.05, 4.69) is 9.72 Å². The molecule has 6 heteroatoms. The third kappa shape index (κ3) is 2.78. The zero-order valence-electron chi connectivity index (χ0n) is 9.75. The molecule has 0 amide bonds. The number of nitrogens with zero attached hydrogens (tertiary/aromatic N) is 1. The monoisotopic (exact) mass is 264 g/mol. The van der Waals surface area contributed by atoms with Crippen molar-refractivity contribution in [2.24, 2.45) is 0 Å². The molecule has 5 nitrogen and oxygen atoms in total. The minimum Gasteiger partial charge on any atom is -0.485 e. The number of nitrogen functional groups attached to an aromatic ring is 1. The number of ether oxygens (including phenoxy) is 2. The van der Waals surface area contributed by atoms with Crippen LogP contribution in [0.15, 0.2) is 29.8 Å². The molecular weight excluding hydrogens is 252 g/mol. The van der Waals surface area contributed by atoms with Crippen molar-refractivity contribution in [3.63, 3.8) is 0 Å². The molecule has 0 saturated carbocycles. The highest BCUT2D eigenvalue weighted by Gasteiger charge is 2.13. The Morgan fingerprint density at radius 3 is 3.00 bits per heavy atom. The molecule has 18 heavy (non-hydrogen) atoms. The van der Waals surface area contributed by atoms with Gasteiger partial charge in [-0.25, -0.2) is 9.78 Å². The second-order valence-electron chi connectivity index (χ2n) is 3.46. The molecule has 0 spiro atoms. The SMILES string of the molecule is COC(=O)c1ccc(N)cc1OCc1nccs1. The van der Waals surface area contributed by atoms with Crippen molar-refractivity contribution >= 4 is 23.0 Å². The van der Waals surface area contributed by atoms with Crippen LogP contribution < -0.4 is 10.5 Å². The number of rotatable bonds is 4. The molecule has 0 saturated heterocycles. The van der Waals surface area contributed by atoms with Gasteiger partial charge in [-0.2, -0.15) is 0 Å². The van der Waals surface area contributed by atoms with Crippen molar-refractivity contribution in [1.29, 1.82) is 0 Å². The van der Waals surface area contributed by atoms with Crippen LogP contribution in [0.25, 0.3) is 0 Å². The first kappa shape index (κ1) is 12.4. The largest absolute Gasteiger partial charge is 0.485 e. The van der Waals surface area contributed by atoms with Crippen molar-refractivity contribution in [1.82, 2.24) is 4.98 Å². The number of aromatic nitrogens is 1. The van der Waals surface area contributed by atoms with Crippen LogP contribution >= 0.6 is 11.3 Å². The smallest absolute Gasteiger partial charge is 0.341 e. The first-order valence-corrected chi connectivity index (χ1v) is 6.07. The predicted octanol–water partition coefficient (Wildman–Crippen LogP) is 2.09. The van der Waals surface area contributed by atoms with E-state index in [1.165, 1.54) is 18.4 Å². The number of esters is 1. The van der Waals surface area contributed by atoms with Crippen molar-refractivity contribution < 1.29 is 14.3 Å². The fourth-order valence-corrected chi connectivity index (χ4v) is 1.93. The van der Waals surface area contributed by atoms with E-state index in [1.54, 1.807) is 24.4 Å². The quantitative estimate of drug-likeness (QED) is 0.676. The molecule has 0 atom stereocenters. The van der Waals surface area contributed by atoms with E-state index < -0.39 is 5.97 Å². The Labute approximate surface area is 108 Å². The second-order valence-corrected chi connectivity index (χ2v) is 4.44. The second kappa shape index (κ2) is 5.50. The molecule has 0 aliphatic rings. The number of hydrogen-bond acceptors (Lipinski definition) is 6. The normalized spacial score (nSPS) is 10.1. The number of carbonyl (C=O) groups is 1. The number of hydrogen-bond donors (Lipinski definition) is 1. The van der Waals surface area contributed by atoms with Crippen molar-refractivity contribution in [3.05, 3.63) is 40.3 Å². The van der Waals surface area contributed by atoms with Gasteiger partial charge in [0, 0.05) is 23.3 Å². The van der Waals surface area contributed by atoms with E-state index in [0.717, 1.165) is 5.01 Å². The molecular formula is C12H12N2O3S. The molecule has 0 aliphatic carbocycles. The van der Waals surface area contributed by atoms with Gasteiger partial charge < -0.3 is 15.2 Å². The van der Waals surface area contributed by atoms with Crippen molar-refractivity contribution in [3.8, 4) is 5.75 Å². The Bertz CT molecular complexity index is 540. The summed E-state index contributed by atoms with van der Waals surface area (Å²) < 4.78 is 10.2. The average molecular weight is 264 g/mol. The van der Waals surface area contributed by atoms with Gasteiger partial charge in [0.1, 0.15) is 22.9 Å². The molecule has 2 rings (SSSR count). The summed E-state index contributed by atoms with van der Waals surface area (Å²) in [4.78, 5) is 15.6. The van der Waals surface area contributed by atoms with Crippen LogP contribution in [-0.4, -0.2) is 18.1 Å². The third-order valence-electron chi connectivity index (χ3n) is 2.25. The summed E-state index contributed by atoms with van der Waals surface area (Å²) in [6.07, 6.45) is 1.70. The molecule has 0 unspecified atom stereocenters. The lowest BCUT2D eigenvalue weighted by Gasteiger charge is -2.09. The van der Waals surface area contributed by atoms with Crippen molar-refractivity contribution in [2.45, 2.75) is 6.61 Å². The maximum absolute atomic E-state index is 11.6. The summed E-state index contributed by atoms with van der Waals surface area (Å²) in [5, 5.41) is 2.69. The van der Waals surface area contributed by atoms with Gasteiger partial charge in [0.25, 0.3) is 0 Å². The standard InChI is InChI=1S/C12H12N2O3S/c1-16-12(15)9-3-2-8(13)6-10(9)17-7-11-14-4-5-18-11/h2-6H,7,13H2,1H3. The lowest BCUT2D eigenvalue weighted by molar-refractivity contribution is 0.0595. The summed E-state index contributed by atoms with van der Waals surface area (Å²) in [6.45, 7) is 0.297. The topological polar surface area (TPSA) is 74.4 Å². The summed E-state index contributed by atoms with van der Waals surface area (Å²) in [6, 6.07) is 4.81. The highest BCUT2D eigenvalue weighted by molar-refractivity contribution is 7.09. The van der Waals surface area contributed by atoms with Gasteiger partial charge in [0.2, 0.25) is 0 Å². The van der Waals surface area contributed by atoms with E-state index in [9.17, 15) is 4.79 Å². The van der Waals surface area contributed by atoms with Gasteiger partial charge in [0.05, 0.1) is 7.11 Å². The number of thiazole rings is 1. The Morgan fingerprint density at radius 2 is 2.33 bits per heavy atom. The summed E-state index contributed by atoms with van der Waals surface area (Å²) in [7, 11) is 1.32. The zero-order valence-corrected chi connectivity index (χ0v) is 10.6. The van der Waals surface area contributed by atoms with Gasteiger partial charge in [-0.1, -0.05) is 0 Å². The lowest BCUT2D eigenvalue weighted by Crippen LogP contribution is -2.06. The van der Waals surface area contributed by atoms with E-state index >= 15 is 0 Å². The number of nitrogens with two attached hydrogens (primary N) is 1. The third-order valence-corrected chi connectivity index (χ3v) is 3.00. The van der Waals surface area contributed by atoms with Crippen LogP contribution in [0.5, 0.6) is 5.75 Å². The predicted molar refractivity (Wildman–Crippen MR) is 68.6 cm³/mol. The number of benzene rings is 1. The molecule has 0 aliphatic heterocycles. The lowest BCUT2D eigenvalue weighted by atomic mass is 10.2. The summed E-state index contributed by atoms with van der Waals surface area (Å²) >= 11 is 1.48. The average Bonchev–Trinajstić information content (AvgIpc) is 2.88. The van der Waals surface area contributed by atoms with Gasteiger partial charge in [0.15, 0.2) is 0 Å². The van der Waals surface area contributed by atoms with Crippen LogP contribution in [0.1, 0.15) is 15.4 Å². The fourth-order valence-electron chi connectivity index (χ4n) is 1.40. The molecule has 94 valence electrons. The van der Waals surface area contributed by atoms with Crippen LogP contribution in [0.3, 0.4) is 0 Å². The molecule has 0 radical (unpaired) electrons. The number of methoxy groups -OCH3 is 1. The maximum atomic E-state index is 11.6. The van der Waals surface area contributed by atoms with Gasteiger partial charge in [-0.15, -0.1) is 11.3 Å². The van der Waals surface area contributed by atoms with E-state index in [-0.39, 0.29) is 0 Å². The summed E-state index contributed by atoms with van der Waals surface area (Å²) in [5.41, 5.74) is 6.55. The molecule has 1 heterocycles. The van der Waals surface area contributed by atoms with E-state index in [0.29, 0.717) is 23.6 Å². The summed E-state index contributed by atoms with van der Waals surface area (Å²) in [5.74, 6) is -0.0545. The molecule has 1 aromatic carbocycles. The Hall–Kier alpha value is -2.08. The van der Waals surface area contributed by atoms with Gasteiger partial charge in [-0.05, 0) is 12.1 Å². The van der Waals surface area contributed by atoms with Crippen LogP contribution in [0.4, 0.5) is 5.69 Å². The molecule has 2 aromatic rings. The highest BCUT2D eigenvalue weighted by atomic mass is 32.1. The van der Waals surface area contributed by atoms with Crippen molar-refractivity contribution in [2.75, 3.05) is 12.8 Å². The number of carbonyl (C=O) groups excluding carboxylic acids is 1. The molecule has 0 bridgehead atoms. The molecule has 0 fully saturated rings. The highest BCUT2D eigenvalue weighted by Crippen LogP contribution is 2.24. The Kier molecular flexibility index (Phi) is 3.78. The first-order valence-electron chi connectivity index (χ1n) is 5.19. The maximum Gasteiger partial charge on any atom is 0.341 e. The van der Waals surface area contributed by atoms with Gasteiger partial charge in [-0.3, -0.25) is 0 Å². The Balaban J connectivity index is 2.19. The zero-order chi connectivity index (χ0) is 13.0. The van der Waals surface area contributed by atoms with Crippen LogP contribution in [0, 0.1) is 0 Å². The van der Waals surface area contributed by atoms with Crippen LogP contribution in [-0.2, 0) is 11.3 Å². The van der Waals surface area contributed by atoms with Gasteiger partial charge >= 0.3 is 5.97 Å². The number of anilines is 1. The van der Waals surface area contributed by atoms with E-state index in [4.69, 9.17) is 10.5 Å². The van der Waals surface area contributed by atoms with E-state index in [1.807, 2.05) is 5.38 Å². The Morgan fingerprint density at radius 1 is 1.50 bits per heavy atom.